The number of nitrogens with zero attached hydrogens (tertiary/aromatic N) is 1. The van der Waals surface area contributed by atoms with Gasteiger partial charge in [-0.15, -0.1) is 0 Å². The Balaban J connectivity index is 1.76. The predicted molar refractivity (Wildman–Crippen MR) is 90.4 cm³/mol. The van der Waals surface area contributed by atoms with E-state index in [1.165, 1.54) is 0 Å². The van der Waals surface area contributed by atoms with Crippen LogP contribution in [0.25, 0.3) is 0 Å². The van der Waals surface area contributed by atoms with Crippen molar-refractivity contribution in [3.63, 3.8) is 0 Å². The molecule has 2 heterocycles. The van der Waals surface area contributed by atoms with Crippen LogP contribution >= 0.6 is 0 Å². The molecular weight excluding hydrogens is 344 g/mol. The number of ether oxygens (including phenoxy) is 1. The molecule has 25 heavy (non-hydrogen) atoms. The maximum absolute atomic E-state index is 12.4. The van der Waals surface area contributed by atoms with E-state index in [1.807, 2.05) is 24.3 Å². The van der Waals surface area contributed by atoms with E-state index in [9.17, 15) is 18.0 Å². The number of benzene rings is 1. The lowest BCUT2D eigenvalue weighted by atomic mass is 9.96. The van der Waals surface area contributed by atoms with Gasteiger partial charge in [0.05, 0.1) is 11.9 Å². The normalized spacial score (nSPS) is 17.7. The highest BCUT2D eigenvalue weighted by molar-refractivity contribution is 7.88. The molecule has 3 rings (SSSR count). The Morgan fingerprint density at radius 3 is 2.56 bits per heavy atom. The fourth-order valence-corrected chi connectivity index (χ4v) is 3.86. The molecule has 2 aromatic rings. The predicted octanol–water partition coefficient (Wildman–Crippen LogP) is 1.13. The van der Waals surface area contributed by atoms with E-state index < -0.39 is 28.6 Å². The first-order chi connectivity index (χ1) is 11.9. The second kappa shape index (κ2) is 6.81. The van der Waals surface area contributed by atoms with Crippen LogP contribution in [-0.4, -0.2) is 48.4 Å². The monoisotopic (exact) mass is 362 g/mol. The molecule has 7 nitrogen and oxygen atoms in total. The average Bonchev–Trinajstić information content (AvgIpc) is 3.12. The van der Waals surface area contributed by atoms with E-state index in [-0.39, 0.29) is 18.7 Å². The van der Waals surface area contributed by atoms with Crippen molar-refractivity contribution in [2.45, 2.75) is 19.0 Å². The van der Waals surface area contributed by atoms with Gasteiger partial charge in [0.15, 0.2) is 6.61 Å². The number of hydrogen-bond donors (Lipinski definition) is 1. The quantitative estimate of drug-likeness (QED) is 0.635. The Kier molecular flexibility index (Phi) is 4.73. The van der Waals surface area contributed by atoms with Crippen molar-refractivity contribution in [2.75, 3.05) is 12.9 Å². The molecule has 1 aliphatic heterocycles. The number of aromatic amines is 1. The summed E-state index contributed by atoms with van der Waals surface area (Å²) in [6.45, 7) is -0.325. The Hall–Kier alpha value is -2.45. The Morgan fingerprint density at radius 1 is 1.20 bits per heavy atom. The number of esters is 1. The van der Waals surface area contributed by atoms with Crippen LogP contribution in [0.5, 0.6) is 0 Å². The molecular formula is C17H18N2O5S. The van der Waals surface area contributed by atoms with Gasteiger partial charge in [-0.2, -0.15) is 4.31 Å². The molecule has 1 atom stereocenters. The van der Waals surface area contributed by atoms with Gasteiger partial charge in [-0.05, 0) is 23.3 Å². The smallest absolute Gasteiger partial charge is 0.325 e. The number of rotatable bonds is 5. The molecule has 1 aromatic carbocycles. The van der Waals surface area contributed by atoms with Crippen LogP contribution in [0.3, 0.4) is 0 Å². The second-order valence-electron chi connectivity index (χ2n) is 5.91. The molecule has 0 aliphatic carbocycles. The van der Waals surface area contributed by atoms with E-state index in [0.29, 0.717) is 5.69 Å². The first-order valence-corrected chi connectivity index (χ1v) is 9.58. The van der Waals surface area contributed by atoms with Gasteiger partial charge in [-0.1, -0.05) is 24.3 Å². The standard InChI is InChI=1S/C17H18N2O5S/c1-25(22,23)19-10-13-6-3-2-5-12(13)9-15(19)17(21)24-11-16(20)14-7-4-8-18-14/h2-8,15,18H,9-11H2,1H3/t15-/m0/s1. The number of nitrogens with one attached hydrogen (secondary N) is 1. The van der Waals surface area contributed by atoms with Gasteiger partial charge in [0.1, 0.15) is 6.04 Å². The maximum atomic E-state index is 12.4. The Morgan fingerprint density at radius 2 is 1.92 bits per heavy atom. The molecule has 132 valence electrons. The number of fused-ring (bicyclic) bond motifs is 1. The van der Waals surface area contributed by atoms with Crippen LogP contribution in [0.15, 0.2) is 42.6 Å². The summed E-state index contributed by atoms with van der Waals surface area (Å²) < 4.78 is 30.4. The molecule has 0 spiro atoms. The van der Waals surface area contributed by atoms with Crippen molar-refractivity contribution in [1.29, 1.82) is 0 Å². The number of carbonyl (C=O) groups is 2. The SMILES string of the molecule is CS(=O)(=O)N1Cc2ccccc2C[C@H]1C(=O)OCC(=O)c1ccc[nH]1. The maximum Gasteiger partial charge on any atom is 0.325 e. The molecule has 0 bridgehead atoms. The fourth-order valence-electron chi connectivity index (χ4n) is 2.86. The van der Waals surface area contributed by atoms with Gasteiger partial charge < -0.3 is 9.72 Å². The summed E-state index contributed by atoms with van der Waals surface area (Å²) in [5, 5.41) is 0. The molecule has 1 aliphatic rings. The molecule has 0 saturated heterocycles. The third-order valence-corrected chi connectivity index (χ3v) is 5.38. The minimum atomic E-state index is -3.60. The van der Waals surface area contributed by atoms with E-state index in [0.717, 1.165) is 21.7 Å². The third-order valence-electron chi connectivity index (χ3n) is 4.15. The van der Waals surface area contributed by atoms with E-state index in [2.05, 4.69) is 4.98 Å². The van der Waals surface area contributed by atoms with Gasteiger partial charge in [0, 0.05) is 19.2 Å². The van der Waals surface area contributed by atoms with Gasteiger partial charge in [-0.25, -0.2) is 8.42 Å². The van der Waals surface area contributed by atoms with Crippen molar-refractivity contribution in [2.24, 2.45) is 0 Å². The summed E-state index contributed by atoms with van der Waals surface area (Å²) >= 11 is 0. The second-order valence-corrected chi connectivity index (χ2v) is 7.85. The number of H-pyrrole nitrogens is 1. The summed E-state index contributed by atoms with van der Waals surface area (Å²) in [5.74, 6) is -1.10. The lowest BCUT2D eigenvalue weighted by molar-refractivity contribution is -0.147. The zero-order valence-electron chi connectivity index (χ0n) is 13.6. The average molecular weight is 362 g/mol. The number of Topliss-reactive ketones (excluding diaryl/α,β-unsaturated/α-hetero) is 1. The number of carbonyl (C=O) groups excluding carboxylic acids is 2. The molecule has 1 aromatic heterocycles. The van der Waals surface area contributed by atoms with Crippen LogP contribution in [0, 0.1) is 0 Å². The molecule has 8 heteroatoms. The number of hydrogen-bond acceptors (Lipinski definition) is 5. The van der Waals surface area contributed by atoms with Crippen molar-refractivity contribution in [3.05, 3.63) is 59.4 Å². The van der Waals surface area contributed by atoms with Gasteiger partial charge in [0.25, 0.3) is 0 Å². The van der Waals surface area contributed by atoms with Crippen molar-refractivity contribution in [3.8, 4) is 0 Å². The first-order valence-electron chi connectivity index (χ1n) is 7.73. The number of aromatic nitrogens is 1. The molecule has 0 fully saturated rings. The minimum absolute atomic E-state index is 0.110. The van der Waals surface area contributed by atoms with Crippen LogP contribution in [0.1, 0.15) is 21.6 Å². The fraction of sp³-hybridized carbons (Fsp3) is 0.294. The van der Waals surface area contributed by atoms with Crippen molar-refractivity contribution < 1.29 is 22.7 Å². The Bertz CT molecular complexity index is 890. The largest absolute Gasteiger partial charge is 0.456 e. The van der Waals surface area contributed by atoms with E-state index >= 15 is 0 Å². The third kappa shape index (κ3) is 3.80. The highest BCUT2D eigenvalue weighted by atomic mass is 32.2. The topological polar surface area (TPSA) is 96.5 Å². The zero-order chi connectivity index (χ0) is 18.0. The molecule has 0 saturated carbocycles. The van der Waals surface area contributed by atoms with E-state index in [1.54, 1.807) is 18.3 Å². The molecule has 0 amide bonds. The van der Waals surface area contributed by atoms with Crippen molar-refractivity contribution in [1.82, 2.24) is 9.29 Å². The number of sulfonamides is 1. The van der Waals surface area contributed by atoms with Gasteiger partial charge in [-0.3, -0.25) is 9.59 Å². The summed E-state index contributed by atoms with van der Waals surface area (Å²) in [6, 6.07) is 9.64. The lowest BCUT2D eigenvalue weighted by Gasteiger charge is -2.33. The summed E-state index contributed by atoms with van der Waals surface area (Å²) in [4.78, 5) is 27.1. The highest BCUT2D eigenvalue weighted by Crippen LogP contribution is 2.26. The minimum Gasteiger partial charge on any atom is -0.456 e. The summed E-state index contributed by atoms with van der Waals surface area (Å²) in [5.41, 5.74) is 2.10. The van der Waals surface area contributed by atoms with Gasteiger partial charge in [0.2, 0.25) is 15.8 Å². The van der Waals surface area contributed by atoms with Crippen LogP contribution in [0.2, 0.25) is 0 Å². The zero-order valence-corrected chi connectivity index (χ0v) is 14.5. The summed E-state index contributed by atoms with van der Waals surface area (Å²) in [6.07, 6.45) is 2.88. The van der Waals surface area contributed by atoms with Gasteiger partial charge >= 0.3 is 5.97 Å². The van der Waals surface area contributed by atoms with E-state index in [4.69, 9.17) is 4.74 Å². The first kappa shape index (κ1) is 17.4. The van der Waals surface area contributed by atoms with Crippen LogP contribution < -0.4 is 0 Å². The lowest BCUT2D eigenvalue weighted by Crippen LogP contribution is -2.49. The molecule has 1 N–H and O–H groups in total. The molecule has 0 radical (unpaired) electrons. The molecule has 0 unspecified atom stereocenters. The summed E-state index contributed by atoms with van der Waals surface area (Å²) in [7, 11) is -3.60. The number of ketones is 1. The highest BCUT2D eigenvalue weighted by Gasteiger charge is 2.38. The van der Waals surface area contributed by atoms with Crippen LogP contribution in [-0.2, 0) is 32.5 Å². The Labute approximate surface area is 145 Å². The van der Waals surface area contributed by atoms with Crippen molar-refractivity contribution >= 4 is 21.8 Å². The van der Waals surface area contributed by atoms with Crippen LogP contribution in [0.4, 0.5) is 0 Å².